The van der Waals surface area contributed by atoms with E-state index in [-0.39, 0.29) is 11.9 Å². The Hall–Kier alpha value is -2.21. The predicted octanol–water partition coefficient (Wildman–Crippen LogP) is 3.22. The van der Waals surface area contributed by atoms with Crippen molar-refractivity contribution < 1.29 is 4.79 Å². The van der Waals surface area contributed by atoms with E-state index in [1.807, 2.05) is 36.6 Å². The lowest BCUT2D eigenvalue weighted by molar-refractivity contribution is 0.0927. The van der Waals surface area contributed by atoms with E-state index in [0.29, 0.717) is 5.69 Å². The molecule has 1 aliphatic carbocycles. The van der Waals surface area contributed by atoms with Crippen molar-refractivity contribution in [1.82, 2.24) is 19.7 Å². The van der Waals surface area contributed by atoms with Crippen LogP contribution < -0.4 is 5.32 Å². The third-order valence-electron chi connectivity index (χ3n) is 4.20. The monoisotopic (exact) mass is 326 g/mol. The zero-order valence-corrected chi connectivity index (χ0v) is 14.0. The highest BCUT2D eigenvalue weighted by molar-refractivity contribution is 7.11. The lowest BCUT2D eigenvalue weighted by atomic mass is 9.97. The molecule has 23 heavy (non-hydrogen) atoms. The van der Waals surface area contributed by atoms with Crippen molar-refractivity contribution in [2.24, 2.45) is 0 Å². The van der Waals surface area contributed by atoms with E-state index < -0.39 is 0 Å². The number of imidazole rings is 1. The number of carbonyl (C=O) groups excluding carboxylic acids is 1. The first-order chi connectivity index (χ1) is 11.1. The largest absolute Gasteiger partial charge is 0.342 e. The van der Waals surface area contributed by atoms with Crippen molar-refractivity contribution in [3.05, 3.63) is 51.4 Å². The van der Waals surface area contributed by atoms with Gasteiger partial charge in [-0.2, -0.15) is 0 Å². The molecule has 1 aliphatic rings. The summed E-state index contributed by atoms with van der Waals surface area (Å²) >= 11 is 1.74. The van der Waals surface area contributed by atoms with Gasteiger partial charge in [-0.05, 0) is 44.7 Å². The number of fused-ring (bicyclic) bond motifs is 2. The molecule has 118 valence electrons. The van der Waals surface area contributed by atoms with E-state index >= 15 is 0 Å². The van der Waals surface area contributed by atoms with E-state index in [0.717, 1.165) is 41.2 Å². The van der Waals surface area contributed by atoms with Gasteiger partial charge in [-0.1, -0.05) is 6.07 Å². The molecule has 0 aromatic carbocycles. The zero-order chi connectivity index (χ0) is 16.0. The van der Waals surface area contributed by atoms with Crippen LogP contribution in [0.15, 0.2) is 24.5 Å². The van der Waals surface area contributed by atoms with Crippen LogP contribution in [0, 0.1) is 13.8 Å². The Labute approximate surface area is 138 Å². The molecule has 1 amide bonds. The van der Waals surface area contributed by atoms with Gasteiger partial charge < -0.3 is 9.72 Å². The highest BCUT2D eigenvalue weighted by Gasteiger charge is 2.26. The van der Waals surface area contributed by atoms with Gasteiger partial charge in [-0.25, -0.2) is 9.97 Å². The van der Waals surface area contributed by atoms with Gasteiger partial charge in [-0.15, -0.1) is 11.3 Å². The number of aryl methyl sites for hydroxylation is 3. The number of hydrogen-bond acceptors (Lipinski definition) is 4. The number of pyridine rings is 1. The molecule has 0 aliphatic heterocycles. The molecule has 0 spiro atoms. The predicted molar refractivity (Wildman–Crippen MR) is 89.9 cm³/mol. The minimum absolute atomic E-state index is 0.00254. The fraction of sp³-hybridized carbons (Fsp3) is 0.353. The molecule has 0 fully saturated rings. The average Bonchev–Trinajstić information content (AvgIpc) is 3.09. The van der Waals surface area contributed by atoms with Gasteiger partial charge in [0.05, 0.1) is 16.7 Å². The summed E-state index contributed by atoms with van der Waals surface area (Å²) < 4.78 is 1.89. The van der Waals surface area contributed by atoms with Gasteiger partial charge >= 0.3 is 0 Å². The third kappa shape index (κ3) is 2.63. The molecular formula is C17H18N4OS. The molecule has 0 unspecified atom stereocenters. The second-order valence-electron chi connectivity index (χ2n) is 6.06. The van der Waals surface area contributed by atoms with E-state index in [4.69, 9.17) is 0 Å². The minimum Gasteiger partial charge on any atom is -0.342 e. The lowest BCUT2D eigenvalue weighted by Crippen LogP contribution is -2.31. The van der Waals surface area contributed by atoms with Crippen LogP contribution in [0.4, 0.5) is 0 Å². The molecule has 3 heterocycles. The maximum absolute atomic E-state index is 12.6. The maximum Gasteiger partial charge on any atom is 0.272 e. The van der Waals surface area contributed by atoms with Gasteiger partial charge in [0.15, 0.2) is 0 Å². The third-order valence-corrected chi connectivity index (χ3v) is 5.24. The smallest absolute Gasteiger partial charge is 0.272 e. The van der Waals surface area contributed by atoms with Crippen LogP contribution >= 0.6 is 11.3 Å². The molecule has 0 saturated carbocycles. The van der Waals surface area contributed by atoms with Crippen LogP contribution in [0.5, 0.6) is 0 Å². The number of hydrogen-bond donors (Lipinski definition) is 1. The number of amides is 1. The molecule has 6 heteroatoms. The van der Waals surface area contributed by atoms with Gasteiger partial charge in [0, 0.05) is 17.3 Å². The molecule has 4 rings (SSSR count). The van der Waals surface area contributed by atoms with E-state index in [1.54, 1.807) is 17.5 Å². The summed E-state index contributed by atoms with van der Waals surface area (Å²) in [6, 6.07) is 3.92. The van der Waals surface area contributed by atoms with Crippen LogP contribution in [-0.2, 0) is 6.42 Å². The zero-order valence-electron chi connectivity index (χ0n) is 13.2. The first kappa shape index (κ1) is 14.4. The standard InChI is InChI=1S/C17H18N4OS/c1-10-6-7-15-19-13(9-21(15)8-10)17(22)20-12-4-3-5-14-16(12)18-11(2)23-14/h6-9,12H,3-5H2,1-2H3,(H,20,22)/t12-/m1/s1. The normalized spacial score (nSPS) is 17.2. The Bertz CT molecular complexity index is 895. The Morgan fingerprint density at radius 1 is 1.30 bits per heavy atom. The first-order valence-electron chi connectivity index (χ1n) is 7.82. The van der Waals surface area contributed by atoms with Crippen molar-refractivity contribution >= 4 is 22.9 Å². The van der Waals surface area contributed by atoms with Crippen LogP contribution in [0.1, 0.15) is 50.5 Å². The molecule has 1 atom stereocenters. The first-order valence-corrected chi connectivity index (χ1v) is 8.64. The molecule has 3 aromatic rings. The van der Waals surface area contributed by atoms with E-state index in [2.05, 4.69) is 15.3 Å². The molecular weight excluding hydrogens is 308 g/mol. The summed E-state index contributed by atoms with van der Waals surface area (Å²) in [5.74, 6) is -0.130. The van der Waals surface area contributed by atoms with Crippen LogP contribution in [0.2, 0.25) is 0 Å². The van der Waals surface area contributed by atoms with Crippen LogP contribution in [0.25, 0.3) is 5.65 Å². The number of nitrogens with zero attached hydrogens (tertiary/aromatic N) is 3. The fourth-order valence-electron chi connectivity index (χ4n) is 3.13. The highest BCUT2D eigenvalue weighted by Crippen LogP contribution is 2.33. The number of rotatable bonds is 2. The SMILES string of the molecule is Cc1ccc2nc(C(=O)N[C@@H]3CCCc4sc(C)nc43)cn2c1. The summed E-state index contributed by atoms with van der Waals surface area (Å²) in [6.45, 7) is 4.04. The summed E-state index contributed by atoms with van der Waals surface area (Å²) in [5.41, 5.74) is 3.42. The second-order valence-corrected chi connectivity index (χ2v) is 7.35. The van der Waals surface area contributed by atoms with Crippen LogP contribution in [-0.4, -0.2) is 20.3 Å². The molecule has 1 N–H and O–H groups in total. The summed E-state index contributed by atoms with van der Waals surface area (Å²) in [7, 11) is 0. The summed E-state index contributed by atoms with van der Waals surface area (Å²) in [4.78, 5) is 22.9. The van der Waals surface area contributed by atoms with E-state index in [9.17, 15) is 4.79 Å². The molecule has 0 radical (unpaired) electrons. The van der Waals surface area contributed by atoms with Crippen molar-refractivity contribution in [1.29, 1.82) is 0 Å². The van der Waals surface area contributed by atoms with Gasteiger partial charge in [0.2, 0.25) is 0 Å². The number of thiazole rings is 1. The summed E-state index contributed by atoms with van der Waals surface area (Å²) in [5, 5.41) is 4.18. The molecule has 0 bridgehead atoms. The average molecular weight is 326 g/mol. The Balaban J connectivity index is 1.60. The number of carbonyl (C=O) groups is 1. The van der Waals surface area contributed by atoms with Gasteiger partial charge in [0.1, 0.15) is 11.3 Å². The molecule has 0 saturated heterocycles. The Morgan fingerprint density at radius 2 is 2.17 bits per heavy atom. The number of aromatic nitrogens is 3. The van der Waals surface area contributed by atoms with Crippen molar-refractivity contribution in [2.75, 3.05) is 0 Å². The van der Waals surface area contributed by atoms with E-state index in [1.165, 1.54) is 4.88 Å². The second kappa shape index (κ2) is 5.45. The van der Waals surface area contributed by atoms with Crippen molar-refractivity contribution in [2.45, 2.75) is 39.2 Å². The highest BCUT2D eigenvalue weighted by atomic mass is 32.1. The Morgan fingerprint density at radius 3 is 3.04 bits per heavy atom. The van der Waals surface area contributed by atoms with Gasteiger partial charge in [-0.3, -0.25) is 4.79 Å². The van der Waals surface area contributed by atoms with Gasteiger partial charge in [0.25, 0.3) is 5.91 Å². The number of nitrogens with one attached hydrogen (secondary N) is 1. The summed E-state index contributed by atoms with van der Waals surface area (Å²) in [6.07, 6.45) is 6.86. The Kier molecular flexibility index (Phi) is 3.41. The van der Waals surface area contributed by atoms with Crippen molar-refractivity contribution in [3.63, 3.8) is 0 Å². The quantitative estimate of drug-likeness (QED) is 0.786. The molecule has 3 aromatic heterocycles. The van der Waals surface area contributed by atoms with Crippen LogP contribution in [0.3, 0.4) is 0 Å². The topological polar surface area (TPSA) is 59.3 Å². The van der Waals surface area contributed by atoms with Crippen molar-refractivity contribution in [3.8, 4) is 0 Å². The lowest BCUT2D eigenvalue weighted by Gasteiger charge is -2.21. The maximum atomic E-state index is 12.6. The molecule has 5 nitrogen and oxygen atoms in total. The minimum atomic E-state index is -0.130. The fourth-order valence-corrected chi connectivity index (χ4v) is 4.16.